The molecule has 0 bridgehead atoms. The molecule has 11 heavy (non-hydrogen) atoms. The second kappa shape index (κ2) is 4.97. The number of hydrogen-bond donors (Lipinski definition) is 0. The second-order valence-corrected chi connectivity index (χ2v) is 4.76. The summed E-state index contributed by atoms with van der Waals surface area (Å²) in [6.07, 6.45) is 0. The van der Waals surface area contributed by atoms with Gasteiger partial charge in [-0.25, -0.2) is 4.18 Å². The monoisotopic (exact) mass is 192 g/mol. The number of nitrogens with zero attached hydrogens (tertiary/aromatic N) is 2. The smallest absolute Gasteiger partial charge is 0.246 e. The molecule has 7 heteroatoms. The summed E-state index contributed by atoms with van der Waals surface area (Å²) >= 11 is 0. The van der Waals surface area contributed by atoms with Crippen LogP contribution in [0.3, 0.4) is 0 Å². The molecule has 0 N–H and O–H groups in total. The second-order valence-electron chi connectivity index (χ2n) is 1.25. The standard InChI is InChI=1S/C4H4N2O3S2/c5-1-3-9-11(7,8)10-4-2-6/h3-4H2. The fraction of sp³-hybridized carbons (Fsp3) is 0.500. The van der Waals surface area contributed by atoms with Gasteiger partial charge in [0.1, 0.15) is 0 Å². The third-order valence-electron chi connectivity index (χ3n) is 0.536. The van der Waals surface area contributed by atoms with Crippen molar-refractivity contribution in [2.45, 2.75) is 0 Å². The van der Waals surface area contributed by atoms with Crippen LogP contribution in [0.15, 0.2) is 0 Å². The highest BCUT2D eigenvalue weighted by molar-refractivity contribution is 8.70. The van der Waals surface area contributed by atoms with Crippen molar-refractivity contribution in [1.29, 1.82) is 10.5 Å². The van der Waals surface area contributed by atoms with Crippen molar-refractivity contribution in [3.8, 4) is 12.1 Å². The molecule has 0 aromatic carbocycles. The Morgan fingerprint density at radius 1 is 1.36 bits per heavy atom. The Labute approximate surface area is 68.1 Å². The number of nitriles is 2. The van der Waals surface area contributed by atoms with E-state index in [2.05, 4.69) is 4.18 Å². The molecule has 0 rings (SSSR count). The number of hydrogen-bond acceptors (Lipinski definition) is 6. The Bertz CT molecular complexity index is 259. The SMILES string of the molecule is N#CCOS(=O)(=O)SCC#N. The van der Waals surface area contributed by atoms with E-state index in [1.54, 1.807) is 6.07 Å². The van der Waals surface area contributed by atoms with Crippen LogP contribution in [0.25, 0.3) is 0 Å². The summed E-state index contributed by atoms with van der Waals surface area (Å²) in [7, 11) is -3.38. The summed E-state index contributed by atoms with van der Waals surface area (Å²) in [5.74, 6) is -0.201. The van der Waals surface area contributed by atoms with Crippen molar-refractivity contribution in [3.63, 3.8) is 0 Å². The van der Waals surface area contributed by atoms with Crippen LogP contribution in [0.4, 0.5) is 0 Å². The molecular weight excluding hydrogens is 188 g/mol. The highest BCUT2D eigenvalue weighted by atomic mass is 33.1. The minimum Gasteiger partial charge on any atom is -0.246 e. The Morgan fingerprint density at radius 3 is 2.45 bits per heavy atom. The molecular formula is C4H4N2O3S2. The maximum Gasteiger partial charge on any atom is 0.324 e. The van der Waals surface area contributed by atoms with Gasteiger partial charge in [0.15, 0.2) is 6.61 Å². The van der Waals surface area contributed by atoms with Crippen molar-refractivity contribution in [2.75, 3.05) is 12.4 Å². The number of rotatable bonds is 4. The van der Waals surface area contributed by atoms with Gasteiger partial charge in [0, 0.05) is 10.8 Å². The quantitative estimate of drug-likeness (QED) is 0.583. The highest BCUT2D eigenvalue weighted by Gasteiger charge is 2.10. The fourth-order valence-electron chi connectivity index (χ4n) is 0.231. The molecule has 0 atom stereocenters. The van der Waals surface area contributed by atoms with Gasteiger partial charge in [0.2, 0.25) is 0 Å². The van der Waals surface area contributed by atoms with E-state index in [0.29, 0.717) is 10.8 Å². The summed E-state index contributed by atoms with van der Waals surface area (Å²) in [5.41, 5.74) is 0. The van der Waals surface area contributed by atoms with Crippen molar-refractivity contribution < 1.29 is 12.6 Å². The van der Waals surface area contributed by atoms with E-state index >= 15 is 0 Å². The van der Waals surface area contributed by atoms with Crippen LogP contribution in [0.5, 0.6) is 0 Å². The molecule has 5 nitrogen and oxygen atoms in total. The van der Waals surface area contributed by atoms with Crippen molar-refractivity contribution in [2.24, 2.45) is 0 Å². The first kappa shape index (κ1) is 10.2. The van der Waals surface area contributed by atoms with E-state index in [9.17, 15) is 8.42 Å². The summed E-state index contributed by atoms with van der Waals surface area (Å²) in [6, 6.07) is 3.12. The predicted molar refractivity (Wildman–Crippen MR) is 38.6 cm³/mol. The van der Waals surface area contributed by atoms with E-state index in [1.807, 2.05) is 0 Å². The van der Waals surface area contributed by atoms with Crippen LogP contribution >= 0.6 is 10.8 Å². The zero-order valence-corrected chi connectivity index (χ0v) is 6.98. The molecule has 0 spiro atoms. The van der Waals surface area contributed by atoms with E-state index in [1.165, 1.54) is 6.07 Å². The molecule has 0 radical (unpaired) electrons. The maximum atomic E-state index is 10.6. The van der Waals surface area contributed by atoms with Crippen LogP contribution in [-0.2, 0) is 13.3 Å². The average molecular weight is 192 g/mol. The van der Waals surface area contributed by atoms with E-state index in [4.69, 9.17) is 10.5 Å². The van der Waals surface area contributed by atoms with Crippen LogP contribution in [-0.4, -0.2) is 20.8 Å². The molecule has 0 saturated heterocycles. The lowest BCUT2D eigenvalue weighted by Gasteiger charge is -1.95. The molecule has 0 aliphatic carbocycles. The lowest BCUT2D eigenvalue weighted by Crippen LogP contribution is -2.01. The van der Waals surface area contributed by atoms with E-state index in [-0.39, 0.29) is 5.75 Å². The summed E-state index contributed by atoms with van der Waals surface area (Å²) in [5, 5.41) is 15.9. The van der Waals surface area contributed by atoms with Crippen LogP contribution < -0.4 is 0 Å². The molecule has 0 aromatic rings. The topological polar surface area (TPSA) is 90.9 Å². The Kier molecular flexibility index (Phi) is 4.62. The minimum atomic E-state index is -3.73. The first-order chi connectivity index (χ1) is 5.12. The van der Waals surface area contributed by atoms with Crippen LogP contribution in [0, 0.1) is 22.7 Å². The molecule has 0 unspecified atom stereocenters. The average Bonchev–Trinajstić information content (AvgIpc) is 1.97. The molecule has 0 aromatic heterocycles. The molecule has 0 aliphatic rings. The first-order valence-corrected chi connectivity index (χ1v) is 5.31. The molecule has 0 aliphatic heterocycles. The van der Waals surface area contributed by atoms with Gasteiger partial charge in [-0.1, -0.05) is 0 Å². The Balaban J connectivity index is 3.86. The lowest BCUT2D eigenvalue weighted by molar-refractivity contribution is 0.375. The molecule has 0 fully saturated rings. The Morgan fingerprint density at radius 2 is 2.00 bits per heavy atom. The first-order valence-electron chi connectivity index (χ1n) is 2.40. The highest BCUT2D eigenvalue weighted by Crippen LogP contribution is 2.12. The Hall–Kier alpha value is -0.760. The lowest BCUT2D eigenvalue weighted by atomic mass is 10.9. The largest absolute Gasteiger partial charge is 0.324 e. The van der Waals surface area contributed by atoms with Crippen molar-refractivity contribution >= 4 is 19.9 Å². The van der Waals surface area contributed by atoms with E-state index < -0.39 is 15.8 Å². The predicted octanol–water partition coefficient (Wildman–Crippen LogP) is 0.0282. The zero-order valence-electron chi connectivity index (χ0n) is 5.35. The summed E-state index contributed by atoms with van der Waals surface area (Å²) < 4.78 is 25.3. The summed E-state index contributed by atoms with van der Waals surface area (Å²) in [6.45, 7) is -0.513. The van der Waals surface area contributed by atoms with Crippen LogP contribution in [0.2, 0.25) is 0 Å². The van der Waals surface area contributed by atoms with Gasteiger partial charge in [-0.15, -0.1) is 0 Å². The van der Waals surface area contributed by atoms with Gasteiger partial charge in [0.25, 0.3) is 0 Å². The van der Waals surface area contributed by atoms with Gasteiger partial charge in [-0.3, -0.25) is 0 Å². The van der Waals surface area contributed by atoms with E-state index in [0.717, 1.165) is 0 Å². The third-order valence-corrected chi connectivity index (χ3v) is 2.99. The third kappa shape index (κ3) is 5.67. The van der Waals surface area contributed by atoms with Gasteiger partial charge < -0.3 is 0 Å². The molecule has 0 saturated carbocycles. The van der Waals surface area contributed by atoms with Gasteiger partial charge in [-0.2, -0.15) is 18.9 Å². The fourth-order valence-corrected chi connectivity index (χ4v) is 1.63. The molecule has 0 heterocycles. The minimum absolute atomic E-state index is 0.201. The van der Waals surface area contributed by atoms with Gasteiger partial charge in [0.05, 0.1) is 17.9 Å². The van der Waals surface area contributed by atoms with Crippen LogP contribution in [0.1, 0.15) is 0 Å². The molecule has 60 valence electrons. The van der Waals surface area contributed by atoms with Gasteiger partial charge >= 0.3 is 9.15 Å². The summed E-state index contributed by atoms with van der Waals surface area (Å²) in [4.78, 5) is 0. The zero-order chi connectivity index (χ0) is 8.74. The van der Waals surface area contributed by atoms with Crippen molar-refractivity contribution in [3.05, 3.63) is 0 Å². The normalized spacial score (nSPS) is 10.0. The van der Waals surface area contributed by atoms with Gasteiger partial charge in [-0.05, 0) is 0 Å². The van der Waals surface area contributed by atoms with Crippen molar-refractivity contribution in [1.82, 2.24) is 0 Å². The molecule has 0 amide bonds. The maximum absolute atomic E-state index is 10.6.